The molecule has 0 fully saturated rings. The van der Waals surface area contributed by atoms with Gasteiger partial charge in [-0.3, -0.25) is 4.79 Å². The van der Waals surface area contributed by atoms with Gasteiger partial charge < -0.3 is 20.3 Å². The Kier molecular flexibility index (Phi) is 6.05. The van der Waals surface area contributed by atoms with Crippen molar-refractivity contribution >= 4 is 27.5 Å². The third-order valence-corrected chi connectivity index (χ3v) is 5.50. The van der Waals surface area contributed by atoms with Gasteiger partial charge in [0.15, 0.2) is 0 Å². The summed E-state index contributed by atoms with van der Waals surface area (Å²) in [6.07, 6.45) is 1.28. The molecule has 5 nitrogen and oxygen atoms in total. The summed E-state index contributed by atoms with van der Waals surface area (Å²) >= 11 is 0. The Labute approximate surface area is 180 Å². The van der Waals surface area contributed by atoms with E-state index in [1.807, 2.05) is 60.7 Å². The maximum atomic E-state index is 12.9. The number of benzene rings is 4. The van der Waals surface area contributed by atoms with Gasteiger partial charge in [-0.15, -0.1) is 0 Å². The van der Waals surface area contributed by atoms with Crippen LogP contribution in [0.2, 0.25) is 0 Å². The zero-order valence-corrected chi connectivity index (χ0v) is 17.4. The van der Waals surface area contributed by atoms with Crippen molar-refractivity contribution in [2.24, 2.45) is 0 Å². The number of hydrogen-bond donors (Lipinski definition) is 3. The predicted octanol–water partition coefficient (Wildman–Crippen LogP) is 4.88. The number of phenolic OH excluding ortho intramolecular Hbond substituents is 1. The second-order valence-corrected chi connectivity index (χ2v) is 7.42. The lowest BCUT2D eigenvalue weighted by molar-refractivity contribution is 0.0949. The van der Waals surface area contributed by atoms with Crippen LogP contribution < -0.4 is 10.1 Å². The topological polar surface area (TPSA) is 78.8 Å². The van der Waals surface area contributed by atoms with E-state index in [2.05, 4.69) is 5.32 Å². The molecule has 31 heavy (non-hydrogen) atoms. The number of aromatic hydroxyl groups is 1. The van der Waals surface area contributed by atoms with Crippen LogP contribution in [0.15, 0.2) is 66.7 Å². The van der Waals surface area contributed by atoms with E-state index in [0.717, 1.165) is 27.1 Å². The summed E-state index contributed by atoms with van der Waals surface area (Å²) in [5.41, 5.74) is 1.55. The van der Waals surface area contributed by atoms with Crippen LogP contribution in [0.1, 0.15) is 23.2 Å². The normalized spacial score (nSPS) is 11.0. The number of nitrogens with one attached hydrogen (secondary N) is 1. The molecule has 0 aliphatic carbocycles. The van der Waals surface area contributed by atoms with Gasteiger partial charge in [-0.05, 0) is 46.5 Å². The van der Waals surface area contributed by atoms with Crippen LogP contribution in [0.5, 0.6) is 11.5 Å². The Balaban J connectivity index is 1.96. The largest absolute Gasteiger partial charge is 0.506 e. The van der Waals surface area contributed by atoms with Crippen LogP contribution >= 0.6 is 0 Å². The number of rotatable bonds is 7. The average Bonchev–Trinajstić information content (AvgIpc) is 2.81. The van der Waals surface area contributed by atoms with E-state index in [1.165, 1.54) is 0 Å². The summed E-state index contributed by atoms with van der Waals surface area (Å²) in [4.78, 5) is 12.9. The lowest BCUT2D eigenvalue weighted by Crippen LogP contribution is -2.24. The highest BCUT2D eigenvalue weighted by atomic mass is 16.5. The smallest absolute Gasteiger partial charge is 0.255 e. The first-order chi connectivity index (χ1) is 15.2. The summed E-state index contributed by atoms with van der Waals surface area (Å²) in [6, 6.07) is 21.2. The summed E-state index contributed by atoms with van der Waals surface area (Å²) < 4.78 is 5.67. The van der Waals surface area contributed by atoms with Crippen molar-refractivity contribution in [3.63, 3.8) is 0 Å². The van der Waals surface area contributed by atoms with Gasteiger partial charge >= 0.3 is 0 Å². The number of ether oxygens (including phenoxy) is 1. The van der Waals surface area contributed by atoms with Crippen LogP contribution in [-0.2, 0) is 0 Å². The number of aliphatic hydroxyl groups is 1. The third-order valence-electron chi connectivity index (χ3n) is 5.50. The summed E-state index contributed by atoms with van der Waals surface area (Å²) in [7, 11) is 1.60. The highest BCUT2D eigenvalue weighted by Gasteiger charge is 2.22. The minimum Gasteiger partial charge on any atom is -0.506 e. The molecule has 0 unspecified atom stereocenters. The number of carbonyl (C=O) groups is 1. The van der Waals surface area contributed by atoms with E-state index in [4.69, 9.17) is 9.84 Å². The quantitative estimate of drug-likeness (QED) is 0.376. The van der Waals surface area contributed by atoms with E-state index in [1.54, 1.807) is 13.2 Å². The van der Waals surface area contributed by atoms with Crippen molar-refractivity contribution in [3.05, 3.63) is 72.3 Å². The van der Waals surface area contributed by atoms with Crippen molar-refractivity contribution in [2.45, 2.75) is 12.8 Å². The molecular formula is C26H25NO4. The minimum atomic E-state index is -0.346. The summed E-state index contributed by atoms with van der Waals surface area (Å²) in [6.45, 7) is 0.515. The van der Waals surface area contributed by atoms with Gasteiger partial charge in [0.25, 0.3) is 5.91 Å². The molecule has 0 aliphatic heterocycles. The van der Waals surface area contributed by atoms with Crippen LogP contribution in [-0.4, -0.2) is 36.4 Å². The fourth-order valence-corrected chi connectivity index (χ4v) is 3.98. The molecule has 4 aromatic carbocycles. The first-order valence-electron chi connectivity index (χ1n) is 10.4. The van der Waals surface area contributed by atoms with Crippen LogP contribution in [0, 0.1) is 0 Å². The molecule has 0 atom stereocenters. The number of hydrogen-bond acceptors (Lipinski definition) is 4. The van der Waals surface area contributed by atoms with Gasteiger partial charge in [-0.2, -0.15) is 0 Å². The molecule has 0 radical (unpaired) electrons. The van der Waals surface area contributed by atoms with Crippen LogP contribution in [0.4, 0.5) is 0 Å². The molecule has 0 heterocycles. The number of unbranched alkanes of at least 4 members (excludes halogenated alkanes) is 1. The molecule has 158 valence electrons. The first kappa shape index (κ1) is 20.7. The molecule has 0 spiro atoms. The highest BCUT2D eigenvalue weighted by molar-refractivity contribution is 6.13. The first-order valence-corrected chi connectivity index (χ1v) is 10.4. The third kappa shape index (κ3) is 3.92. The van der Waals surface area contributed by atoms with Gasteiger partial charge in [0.2, 0.25) is 0 Å². The van der Waals surface area contributed by atoms with Crippen molar-refractivity contribution in [2.75, 3.05) is 20.3 Å². The fourth-order valence-electron chi connectivity index (χ4n) is 3.98. The van der Waals surface area contributed by atoms with Gasteiger partial charge in [-0.25, -0.2) is 0 Å². The van der Waals surface area contributed by atoms with Crippen molar-refractivity contribution < 1.29 is 19.7 Å². The molecule has 0 bridgehead atoms. The molecule has 0 aliphatic rings. The second kappa shape index (κ2) is 9.06. The predicted molar refractivity (Wildman–Crippen MR) is 124 cm³/mol. The van der Waals surface area contributed by atoms with Crippen LogP contribution in [0.3, 0.4) is 0 Å². The van der Waals surface area contributed by atoms with Gasteiger partial charge in [0, 0.05) is 24.3 Å². The van der Waals surface area contributed by atoms with E-state index < -0.39 is 0 Å². The molecule has 5 heteroatoms. The summed E-state index contributed by atoms with van der Waals surface area (Å²) in [5, 5.41) is 26.8. The molecule has 3 N–H and O–H groups in total. The Bertz CT molecular complexity index is 1250. The SMILES string of the molecule is COc1ccc2ccccc2c1-c1c(O)c(C(=O)NCCCCO)cc2ccccc12. The standard InChI is InChI=1S/C26H25NO4/c1-31-22-13-12-17-8-2-4-10-19(17)23(22)24-20-11-5-3-9-18(20)16-21(25(24)29)26(30)27-14-6-7-15-28/h2-5,8-13,16,28-29H,6-7,14-15H2,1H3,(H,27,30). The maximum absolute atomic E-state index is 12.9. The van der Waals surface area contributed by atoms with Crippen molar-refractivity contribution in [1.29, 1.82) is 0 Å². The highest BCUT2D eigenvalue weighted by Crippen LogP contribution is 2.46. The number of aliphatic hydroxyl groups excluding tert-OH is 1. The van der Waals surface area contributed by atoms with Gasteiger partial charge in [0.1, 0.15) is 11.5 Å². The minimum absolute atomic E-state index is 0.0759. The molecule has 4 aromatic rings. The maximum Gasteiger partial charge on any atom is 0.255 e. The van der Waals surface area contributed by atoms with E-state index in [0.29, 0.717) is 30.7 Å². The fraction of sp³-hybridized carbons (Fsp3) is 0.192. The second-order valence-electron chi connectivity index (χ2n) is 7.42. The van der Waals surface area contributed by atoms with Gasteiger partial charge in [0.05, 0.1) is 12.7 Å². The Hall–Kier alpha value is -3.57. The lowest BCUT2D eigenvalue weighted by atomic mass is 9.90. The number of methoxy groups -OCH3 is 1. The lowest BCUT2D eigenvalue weighted by Gasteiger charge is -2.18. The number of amides is 1. The molecular weight excluding hydrogens is 390 g/mol. The number of fused-ring (bicyclic) bond motifs is 2. The molecule has 0 saturated carbocycles. The number of phenols is 1. The molecule has 0 aromatic heterocycles. The zero-order valence-electron chi connectivity index (χ0n) is 17.4. The van der Waals surface area contributed by atoms with Crippen molar-refractivity contribution in [3.8, 4) is 22.6 Å². The molecule has 1 amide bonds. The summed E-state index contributed by atoms with van der Waals surface area (Å²) in [5.74, 6) is 0.203. The Morgan fingerprint density at radius 2 is 1.58 bits per heavy atom. The monoisotopic (exact) mass is 415 g/mol. The average molecular weight is 415 g/mol. The number of carbonyl (C=O) groups excluding carboxylic acids is 1. The molecule has 4 rings (SSSR count). The van der Waals surface area contributed by atoms with E-state index in [-0.39, 0.29) is 23.8 Å². The Morgan fingerprint density at radius 1 is 0.903 bits per heavy atom. The zero-order chi connectivity index (χ0) is 21.8. The van der Waals surface area contributed by atoms with E-state index in [9.17, 15) is 9.90 Å². The Morgan fingerprint density at radius 3 is 2.29 bits per heavy atom. The van der Waals surface area contributed by atoms with Crippen molar-refractivity contribution in [1.82, 2.24) is 5.32 Å². The van der Waals surface area contributed by atoms with E-state index >= 15 is 0 Å². The van der Waals surface area contributed by atoms with Gasteiger partial charge in [-0.1, -0.05) is 54.6 Å². The van der Waals surface area contributed by atoms with Crippen LogP contribution in [0.25, 0.3) is 32.7 Å². The molecule has 0 saturated heterocycles.